The van der Waals surface area contributed by atoms with Crippen LogP contribution < -0.4 is 5.32 Å². The van der Waals surface area contributed by atoms with Crippen molar-refractivity contribution in [2.45, 2.75) is 19.3 Å². The molecule has 3 heterocycles. The zero-order valence-corrected chi connectivity index (χ0v) is 16.2. The van der Waals surface area contributed by atoms with E-state index in [1.54, 1.807) is 23.5 Å². The summed E-state index contributed by atoms with van der Waals surface area (Å²) >= 11 is 7.58. The van der Waals surface area contributed by atoms with Crippen LogP contribution in [0.25, 0.3) is 11.4 Å². The van der Waals surface area contributed by atoms with Gasteiger partial charge in [0, 0.05) is 41.2 Å². The largest absolute Gasteiger partial charge is 0.339 e. The molecule has 6 nitrogen and oxygen atoms in total. The van der Waals surface area contributed by atoms with Crippen LogP contribution in [0.4, 0.5) is 10.5 Å². The van der Waals surface area contributed by atoms with E-state index in [0.29, 0.717) is 41.3 Å². The lowest BCUT2D eigenvalue weighted by molar-refractivity contribution is 0.173. The molecule has 27 heavy (non-hydrogen) atoms. The van der Waals surface area contributed by atoms with Crippen molar-refractivity contribution in [1.82, 2.24) is 15.0 Å². The van der Waals surface area contributed by atoms with E-state index in [0.717, 1.165) is 24.9 Å². The summed E-state index contributed by atoms with van der Waals surface area (Å²) in [6.07, 6.45) is 2.67. The molecule has 0 radical (unpaired) electrons. The number of piperidine rings is 1. The van der Waals surface area contributed by atoms with Crippen LogP contribution in [0, 0.1) is 5.92 Å². The summed E-state index contributed by atoms with van der Waals surface area (Å²) in [7, 11) is 0. The van der Waals surface area contributed by atoms with Crippen molar-refractivity contribution in [3.8, 4) is 11.4 Å². The molecule has 2 amide bonds. The third kappa shape index (κ3) is 4.48. The number of aromatic nitrogens is 2. The first-order chi connectivity index (χ1) is 13.2. The fraction of sp³-hybridized carbons (Fsp3) is 0.316. The molecule has 0 spiro atoms. The Labute approximate surface area is 166 Å². The average Bonchev–Trinajstić information content (AvgIpc) is 3.33. The van der Waals surface area contributed by atoms with E-state index in [9.17, 15) is 4.79 Å². The zero-order chi connectivity index (χ0) is 18.6. The number of likely N-dealkylation sites (tertiary alicyclic amines) is 1. The van der Waals surface area contributed by atoms with Gasteiger partial charge in [0.05, 0.1) is 0 Å². The number of carbonyl (C=O) groups is 1. The molecule has 1 aliphatic rings. The lowest BCUT2D eigenvalue weighted by atomic mass is 9.95. The third-order valence-corrected chi connectivity index (χ3v) is 5.51. The van der Waals surface area contributed by atoms with Crippen molar-refractivity contribution in [1.29, 1.82) is 0 Å². The predicted octanol–water partition coefficient (Wildman–Crippen LogP) is 4.94. The number of amides is 2. The number of anilines is 1. The van der Waals surface area contributed by atoms with Gasteiger partial charge in [-0.25, -0.2) is 4.79 Å². The van der Waals surface area contributed by atoms with E-state index in [-0.39, 0.29) is 6.03 Å². The van der Waals surface area contributed by atoms with Crippen LogP contribution in [-0.2, 0) is 6.42 Å². The van der Waals surface area contributed by atoms with Gasteiger partial charge < -0.3 is 14.7 Å². The van der Waals surface area contributed by atoms with Gasteiger partial charge in [-0.1, -0.05) is 22.8 Å². The van der Waals surface area contributed by atoms with Gasteiger partial charge in [-0.3, -0.25) is 0 Å². The Morgan fingerprint density at radius 1 is 1.41 bits per heavy atom. The second-order valence-corrected chi connectivity index (χ2v) is 7.84. The van der Waals surface area contributed by atoms with E-state index >= 15 is 0 Å². The molecule has 1 saturated heterocycles. The van der Waals surface area contributed by atoms with Crippen LogP contribution in [0.1, 0.15) is 18.7 Å². The Morgan fingerprint density at radius 2 is 2.33 bits per heavy atom. The first-order valence-corrected chi connectivity index (χ1v) is 10.2. The van der Waals surface area contributed by atoms with Crippen LogP contribution >= 0.6 is 22.9 Å². The summed E-state index contributed by atoms with van der Waals surface area (Å²) < 4.78 is 5.41. The molecule has 4 rings (SSSR count). The summed E-state index contributed by atoms with van der Waals surface area (Å²) in [6, 6.07) is 9.04. The maximum atomic E-state index is 12.6. The first-order valence-electron chi connectivity index (χ1n) is 8.84. The molecule has 0 bridgehead atoms. The van der Waals surface area contributed by atoms with E-state index in [2.05, 4.69) is 15.5 Å². The molecule has 1 atom stereocenters. The summed E-state index contributed by atoms with van der Waals surface area (Å²) in [5.74, 6) is 1.55. The van der Waals surface area contributed by atoms with Gasteiger partial charge in [-0.2, -0.15) is 16.3 Å². The van der Waals surface area contributed by atoms with Crippen molar-refractivity contribution < 1.29 is 9.32 Å². The number of hydrogen-bond acceptors (Lipinski definition) is 5. The van der Waals surface area contributed by atoms with E-state index < -0.39 is 0 Å². The Balaban J connectivity index is 1.36. The lowest BCUT2D eigenvalue weighted by Gasteiger charge is -2.32. The smallest absolute Gasteiger partial charge is 0.321 e. The highest BCUT2D eigenvalue weighted by molar-refractivity contribution is 7.08. The van der Waals surface area contributed by atoms with Crippen LogP contribution in [-0.4, -0.2) is 34.2 Å². The van der Waals surface area contributed by atoms with Gasteiger partial charge in [-0.05, 0) is 48.4 Å². The van der Waals surface area contributed by atoms with E-state index in [4.69, 9.17) is 16.1 Å². The third-order valence-electron chi connectivity index (χ3n) is 4.59. The minimum absolute atomic E-state index is 0.105. The molecule has 3 aromatic rings. The van der Waals surface area contributed by atoms with Crippen LogP contribution in [0.15, 0.2) is 45.6 Å². The Kier molecular flexibility index (Phi) is 5.40. The topological polar surface area (TPSA) is 71.3 Å². The molecule has 2 aromatic heterocycles. The summed E-state index contributed by atoms with van der Waals surface area (Å²) in [4.78, 5) is 18.9. The van der Waals surface area contributed by atoms with Crippen molar-refractivity contribution in [2.24, 2.45) is 5.92 Å². The predicted molar refractivity (Wildman–Crippen MR) is 106 cm³/mol. The summed E-state index contributed by atoms with van der Waals surface area (Å²) in [6.45, 7) is 1.41. The maximum absolute atomic E-state index is 12.6. The highest BCUT2D eigenvalue weighted by Gasteiger charge is 2.25. The molecule has 1 aliphatic heterocycles. The number of benzene rings is 1. The fourth-order valence-electron chi connectivity index (χ4n) is 3.28. The van der Waals surface area contributed by atoms with Crippen molar-refractivity contribution >= 4 is 34.7 Å². The van der Waals surface area contributed by atoms with Gasteiger partial charge >= 0.3 is 6.03 Å². The highest BCUT2D eigenvalue weighted by atomic mass is 35.5. The fourth-order valence-corrected chi connectivity index (χ4v) is 4.10. The standard InChI is InChI=1S/C19H19ClN4O2S/c20-15-4-1-5-16(10-15)21-19(25)24-7-2-3-13(11-24)9-17-22-18(23-26-17)14-6-8-27-12-14/h1,4-6,8,10,12-13H,2-3,7,9,11H2,(H,21,25). The zero-order valence-electron chi connectivity index (χ0n) is 14.6. The second kappa shape index (κ2) is 8.10. The van der Waals surface area contributed by atoms with E-state index in [1.807, 2.05) is 33.9 Å². The van der Waals surface area contributed by atoms with Crippen LogP contribution in [0.2, 0.25) is 5.02 Å². The minimum Gasteiger partial charge on any atom is -0.339 e. The number of urea groups is 1. The SMILES string of the molecule is O=C(Nc1cccc(Cl)c1)N1CCCC(Cc2nc(-c3ccsc3)no2)C1. The second-order valence-electron chi connectivity index (χ2n) is 6.62. The molecular formula is C19H19ClN4O2S. The summed E-state index contributed by atoms with van der Waals surface area (Å²) in [5, 5.41) is 11.6. The molecule has 140 valence electrons. The van der Waals surface area contributed by atoms with Crippen LogP contribution in [0.5, 0.6) is 0 Å². The van der Waals surface area contributed by atoms with Gasteiger partial charge in [0.1, 0.15) is 0 Å². The number of thiophene rings is 1. The Bertz CT molecular complexity index is 912. The van der Waals surface area contributed by atoms with Gasteiger partial charge in [-0.15, -0.1) is 0 Å². The quantitative estimate of drug-likeness (QED) is 0.671. The summed E-state index contributed by atoms with van der Waals surface area (Å²) in [5.41, 5.74) is 1.67. The normalized spacial score (nSPS) is 17.1. The number of hydrogen-bond donors (Lipinski definition) is 1. The minimum atomic E-state index is -0.105. The highest BCUT2D eigenvalue weighted by Crippen LogP contribution is 2.24. The maximum Gasteiger partial charge on any atom is 0.321 e. The Hall–Kier alpha value is -2.38. The van der Waals surface area contributed by atoms with Crippen LogP contribution in [0.3, 0.4) is 0 Å². The molecule has 1 aromatic carbocycles. The lowest BCUT2D eigenvalue weighted by Crippen LogP contribution is -2.42. The number of carbonyl (C=O) groups excluding carboxylic acids is 1. The van der Waals surface area contributed by atoms with Crippen molar-refractivity contribution in [3.05, 3.63) is 52.0 Å². The average molecular weight is 403 g/mol. The molecule has 1 unspecified atom stereocenters. The number of rotatable bonds is 4. The molecular weight excluding hydrogens is 384 g/mol. The van der Waals surface area contributed by atoms with Crippen molar-refractivity contribution in [2.75, 3.05) is 18.4 Å². The number of nitrogens with one attached hydrogen (secondary N) is 1. The molecule has 1 N–H and O–H groups in total. The number of nitrogens with zero attached hydrogens (tertiary/aromatic N) is 3. The molecule has 1 fully saturated rings. The van der Waals surface area contributed by atoms with E-state index in [1.165, 1.54) is 0 Å². The molecule has 0 saturated carbocycles. The van der Waals surface area contributed by atoms with Gasteiger partial charge in [0.2, 0.25) is 11.7 Å². The van der Waals surface area contributed by atoms with Gasteiger partial charge in [0.15, 0.2) is 0 Å². The number of halogens is 1. The monoisotopic (exact) mass is 402 g/mol. The molecule has 0 aliphatic carbocycles. The first kappa shape index (κ1) is 18.0. The Morgan fingerprint density at radius 3 is 3.15 bits per heavy atom. The van der Waals surface area contributed by atoms with Gasteiger partial charge in [0.25, 0.3) is 0 Å². The van der Waals surface area contributed by atoms with Crippen molar-refractivity contribution in [3.63, 3.8) is 0 Å². The molecule has 8 heteroatoms.